The van der Waals surface area contributed by atoms with Crippen LogP contribution in [0.3, 0.4) is 0 Å². The first kappa shape index (κ1) is 14.9. The fourth-order valence-electron chi connectivity index (χ4n) is 1.38. The fraction of sp³-hybridized carbons (Fsp3) is 0.333. The van der Waals surface area contributed by atoms with Crippen LogP contribution in [0.4, 0.5) is 0 Å². The number of ketones is 1. The minimum Gasteiger partial charge on any atom is -0.545 e. The summed E-state index contributed by atoms with van der Waals surface area (Å²) >= 11 is 0. The molecule has 0 saturated carbocycles. The normalized spacial score (nSPS) is 9.31. The van der Waals surface area contributed by atoms with Gasteiger partial charge < -0.3 is 9.90 Å². The molecule has 0 atom stereocenters. The quantitative estimate of drug-likeness (QED) is 0.594. The average Bonchev–Trinajstić information content (AvgIpc) is 2.25. The van der Waals surface area contributed by atoms with E-state index in [0.29, 0.717) is 6.42 Å². The zero-order chi connectivity index (χ0) is 11.3. The number of carboxylic acids is 1. The molecule has 0 amide bonds. The van der Waals surface area contributed by atoms with Crippen molar-refractivity contribution in [1.82, 2.24) is 0 Å². The van der Waals surface area contributed by atoms with Crippen LogP contribution in [0.25, 0.3) is 0 Å². The van der Waals surface area contributed by atoms with Crippen LogP contribution in [0, 0.1) is 0 Å². The topological polar surface area (TPSA) is 57.2 Å². The van der Waals surface area contributed by atoms with Crippen LogP contribution in [-0.4, -0.2) is 11.8 Å². The molecule has 0 fully saturated rings. The van der Waals surface area contributed by atoms with Gasteiger partial charge in [-0.25, -0.2) is 0 Å². The standard InChI is InChI=1S/C12H14O3.Mn/c1-2-3-8-11(13)9-6-4-5-7-10(9)12(14)15;/h4-7H,2-3,8H2,1H3,(H,14,15);/p-1. The third-order valence-electron chi connectivity index (χ3n) is 2.20. The van der Waals surface area contributed by atoms with E-state index in [1.807, 2.05) is 6.92 Å². The Morgan fingerprint density at radius 3 is 2.25 bits per heavy atom. The first-order chi connectivity index (χ1) is 7.16. The maximum Gasteiger partial charge on any atom is 0.163 e. The third-order valence-corrected chi connectivity index (χ3v) is 2.20. The van der Waals surface area contributed by atoms with Gasteiger partial charge in [0, 0.05) is 34.6 Å². The molecule has 4 heteroatoms. The molecule has 0 aliphatic heterocycles. The van der Waals surface area contributed by atoms with Gasteiger partial charge in [-0.3, -0.25) is 4.79 Å². The second kappa shape index (κ2) is 7.20. The second-order valence-electron chi connectivity index (χ2n) is 3.36. The van der Waals surface area contributed by atoms with Crippen LogP contribution >= 0.6 is 0 Å². The van der Waals surface area contributed by atoms with Crippen LogP contribution in [0.2, 0.25) is 0 Å². The molecule has 1 aromatic carbocycles. The summed E-state index contributed by atoms with van der Waals surface area (Å²) in [6, 6.07) is 6.17. The minimum absolute atomic E-state index is 0. The van der Waals surface area contributed by atoms with Gasteiger partial charge in [0.2, 0.25) is 0 Å². The summed E-state index contributed by atoms with van der Waals surface area (Å²) in [5.41, 5.74) is 0.240. The molecule has 3 nitrogen and oxygen atoms in total. The molecule has 0 aromatic heterocycles. The van der Waals surface area contributed by atoms with Gasteiger partial charge in [0.1, 0.15) is 0 Å². The van der Waals surface area contributed by atoms with E-state index in [0.717, 1.165) is 12.8 Å². The molecule has 0 N–H and O–H groups in total. The van der Waals surface area contributed by atoms with Crippen molar-refractivity contribution in [3.05, 3.63) is 35.4 Å². The van der Waals surface area contributed by atoms with Crippen molar-refractivity contribution in [2.75, 3.05) is 0 Å². The van der Waals surface area contributed by atoms with Crippen molar-refractivity contribution in [3.8, 4) is 0 Å². The van der Waals surface area contributed by atoms with Gasteiger partial charge in [-0.1, -0.05) is 37.6 Å². The average molecular weight is 260 g/mol. The summed E-state index contributed by atoms with van der Waals surface area (Å²) in [5.74, 6) is -1.42. The Bertz CT molecular complexity index is 374. The van der Waals surface area contributed by atoms with Crippen molar-refractivity contribution in [3.63, 3.8) is 0 Å². The summed E-state index contributed by atoms with van der Waals surface area (Å²) in [5, 5.41) is 10.7. The van der Waals surface area contributed by atoms with Crippen LogP contribution in [0.5, 0.6) is 0 Å². The smallest absolute Gasteiger partial charge is 0.163 e. The summed E-state index contributed by atoms with van der Waals surface area (Å²) in [6.45, 7) is 1.98. The van der Waals surface area contributed by atoms with Gasteiger partial charge in [0.25, 0.3) is 0 Å². The van der Waals surface area contributed by atoms with Crippen LogP contribution in [-0.2, 0) is 17.1 Å². The Morgan fingerprint density at radius 1 is 1.19 bits per heavy atom. The molecule has 1 aromatic rings. The number of aromatic carboxylic acids is 1. The van der Waals surface area contributed by atoms with Gasteiger partial charge >= 0.3 is 0 Å². The fourth-order valence-corrected chi connectivity index (χ4v) is 1.38. The van der Waals surface area contributed by atoms with Crippen molar-refractivity contribution < 1.29 is 31.8 Å². The van der Waals surface area contributed by atoms with E-state index in [2.05, 4.69) is 0 Å². The van der Waals surface area contributed by atoms with E-state index in [4.69, 9.17) is 0 Å². The number of Topliss-reactive ketones (excluding diaryl/α,β-unsaturated/α-hetero) is 1. The summed E-state index contributed by atoms with van der Waals surface area (Å²) in [6.07, 6.45) is 2.08. The van der Waals surface area contributed by atoms with E-state index in [-0.39, 0.29) is 34.0 Å². The third kappa shape index (κ3) is 3.80. The first-order valence-electron chi connectivity index (χ1n) is 5.00. The van der Waals surface area contributed by atoms with Crippen molar-refractivity contribution >= 4 is 11.8 Å². The van der Waals surface area contributed by atoms with E-state index < -0.39 is 5.97 Å². The Labute approximate surface area is 105 Å². The van der Waals surface area contributed by atoms with Gasteiger partial charge in [0.05, 0.1) is 5.97 Å². The minimum atomic E-state index is -1.30. The van der Waals surface area contributed by atoms with Crippen LogP contribution < -0.4 is 5.11 Å². The molecule has 0 aliphatic rings. The Morgan fingerprint density at radius 2 is 1.75 bits per heavy atom. The SMILES string of the molecule is CCCCC(=O)c1ccccc1C(=O)[O-].[Mn]. The van der Waals surface area contributed by atoms with E-state index in [9.17, 15) is 14.7 Å². The number of benzene rings is 1. The molecular formula is C12H13MnO3-. The summed E-state index contributed by atoms with van der Waals surface area (Å²) < 4.78 is 0. The van der Waals surface area contributed by atoms with E-state index >= 15 is 0 Å². The maximum atomic E-state index is 11.6. The number of carboxylic acid groups (broad SMARTS) is 1. The van der Waals surface area contributed by atoms with Crippen molar-refractivity contribution in [1.29, 1.82) is 0 Å². The van der Waals surface area contributed by atoms with Gasteiger partial charge in [-0.15, -0.1) is 0 Å². The summed E-state index contributed by atoms with van der Waals surface area (Å²) in [7, 11) is 0. The largest absolute Gasteiger partial charge is 0.545 e. The molecule has 1 radical (unpaired) electrons. The molecule has 87 valence electrons. The number of hydrogen-bond acceptors (Lipinski definition) is 3. The number of carbonyl (C=O) groups excluding carboxylic acids is 2. The molecule has 0 heterocycles. The molecule has 0 unspecified atom stereocenters. The Kier molecular flexibility index (Phi) is 6.70. The number of hydrogen-bond donors (Lipinski definition) is 0. The predicted molar refractivity (Wildman–Crippen MR) is 54.6 cm³/mol. The molecule has 1 rings (SSSR count). The number of unbranched alkanes of at least 4 members (excludes halogenated alkanes) is 1. The van der Waals surface area contributed by atoms with Gasteiger partial charge in [0.15, 0.2) is 5.78 Å². The molecule has 16 heavy (non-hydrogen) atoms. The second-order valence-corrected chi connectivity index (χ2v) is 3.36. The van der Waals surface area contributed by atoms with E-state index in [1.54, 1.807) is 12.1 Å². The molecule has 0 spiro atoms. The zero-order valence-corrected chi connectivity index (χ0v) is 10.2. The van der Waals surface area contributed by atoms with Gasteiger partial charge in [-0.05, 0) is 6.42 Å². The number of carbonyl (C=O) groups is 2. The number of rotatable bonds is 5. The molecule has 0 saturated heterocycles. The van der Waals surface area contributed by atoms with Crippen LogP contribution in [0.15, 0.2) is 24.3 Å². The molecule has 0 bridgehead atoms. The predicted octanol–water partition coefficient (Wildman–Crippen LogP) is 1.42. The first-order valence-corrected chi connectivity index (χ1v) is 5.00. The summed E-state index contributed by atoms with van der Waals surface area (Å²) in [4.78, 5) is 22.4. The molecular weight excluding hydrogens is 247 g/mol. The van der Waals surface area contributed by atoms with Gasteiger partial charge in [-0.2, -0.15) is 0 Å². The monoisotopic (exact) mass is 260 g/mol. The maximum absolute atomic E-state index is 11.6. The molecule has 0 aliphatic carbocycles. The van der Waals surface area contributed by atoms with Crippen molar-refractivity contribution in [2.45, 2.75) is 26.2 Å². The Hall–Kier alpha value is -1.12. The van der Waals surface area contributed by atoms with Crippen LogP contribution in [0.1, 0.15) is 46.9 Å². The van der Waals surface area contributed by atoms with E-state index in [1.165, 1.54) is 12.1 Å². The van der Waals surface area contributed by atoms with Crippen molar-refractivity contribution in [2.24, 2.45) is 0 Å². The zero-order valence-electron chi connectivity index (χ0n) is 9.03. The Balaban J connectivity index is 0.00000225.